The van der Waals surface area contributed by atoms with E-state index >= 15 is 0 Å². The number of nitrogens with one attached hydrogen (secondary N) is 2. The van der Waals surface area contributed by atoms with E-state index in [2.05, 4.69) is 17.6 Å². The van der Waals surface area contributed by atoms with Gasteiger partial charge in [-0.25, -0.2) is 4.79 Å². The van der Waals surface area contributed by atoms with Crippen molar-refractivity contribution in [2.45, 2.75) is 142 Å². The molecule has 1 saturated heterocycles. The Morgan fingerprint density at radius 3 is 1.97 bits per heavy atom. The zero-order valence-corrected chi connectivity index (χ0v) is 23.3. The van der Waals surface area contributed by atoms with Gasteiger partial charge in [-0.15, -0.1) is 0 Å². The monoisotopic (exact) mass is 512 g/mol. The van der Waals surface area contributed by atoms with Gasteiger partial charge in [-0.3, -0.25) is 9.59 Å². The first kappa shape index (κ1) is 32.2. The molecular weight excluding hydrogens is 460 g/mol. The number of hydrogen-bond acceptors (Lipinski definition) is 6. The Bertz CT molecular complexity index is 613. The third kappa shape index (κ3) is 16.8. The maximum absolute atomic E-state index is 12.8. The predicted octanol–water partition coefficient (Wildman–Crippen LogP) is 6.01. The highest BCUT2D eigenvalue weighted by Gasteiger charge is 2.31. The third-order valence-electron chi connectivity index (χ3n) is 6.40. The van der Waals surface area contributed by atoms with Gasteiger partial charge in [-0.1, -0.05) is 97.8 Å². The van der Waals surface area contributed by atoms with Gasteiger partial charge in [-0.05, 0) is 18.8 Å². The number of hydrogen-bond donors (Lipinski definition) is 2. The minimum atomic E-state index is -0.683. The molecule has 36 heavy (non-hydrogen) atoms. The average molecular weight is 513 g/mol. The van der Waals surface area contributed by atoms with E-state index in [1.807, 2.05) is 13.8 Å². The van der Waals surface area contributed by atoms with E-state index < -0.39 is 24.4 Å². The van der Waals surface area contributed by atoms with Crippen molar-refractivity contribution in [2.24, 2.45) is 5.92 Å². The number of carbonyl (C=O) groups excluding carboxylic acids is 3. The van der Waals surface area contributed by atoms with E-state index in [0.29, 0.717) is 19.4 Å². The van der Waals surface area contributed by atoms with Crippen molar-refractivity contribution in [1.82, 2.24) is 10.6 Å². The second-order valence-corrected chi connectivity index (χ2v) is 10.5. The fourth-order valence-corrected chi connectivity index (χ4v) is 4.43. The summed E-state index contributed by atoms with van der Waals surface area (Å²) in [6.07, 6.45) is 16.1. The smallest absolute Gasteiger partial charge is 0.407 e. The maximum Gasteiger partial charge on any atom is 0.407 e. The molecule has 1 aliphatic rings. The van der Waals surface area contributed by atoms with Crippen LogP contribution in [0.2, 0.25) is 0 Å². The molecule has 210 valence electrons. The van der Waals surface area contributed by atoms with Crippen LogP contribution in [0.25, 0.3) is 0 Å². The fraction of sp³-hybridized carbons (Fsp3) is 0.893. The Balaban J connectivity index is 2.13. The van der Waals surface area contributed by atoms with E-state index in [1.165, 1.54) is 71.1 Å². The van der Waals surface area contributed by atoms with Gasteiger partial charge < -0.3 is 24.8 Å². The molecule has 1 rings (SSSR count). The Morgan fingerprint density at radius 1 is 0.889 bits per heavy atom. The molecule has 3 atom stereocenters. The van der Waals surface area contributed by atoms with Crippen LogP contribution in [-0.2, 0) is 23.8 Å². The van der Waals surface area contributed by atoms with Crippen molar-refractivity contribution in [2.75, 3.05) is 13.2 Å². The average Bonchev–Trinajstić information content (AvgIpc) is 3.24. The van der Waals surface area contributed by atoms with Crippen LogP contribution in [0.4, 0.5) is 4.79 Å². The molecule has 0 aliphatic carbocycles. The molecule has 1 aliphatic heterocycles. The largest absolute Gasteiger partial charge is 0.450 e. The predicted molar refractivity (Wildman–Crippen MR) is 141 cm³/mol. The molecule has 0 aromatic carbocycles. The van der Waals surface area contributed by atoms with Crippen LogP contribution in [0.5, 0.6) is 0 Å². The van der Waals surface area contributed by atoms with Crippen molar-refractivity contribution in [3.63, 3.8) is 0 Å². The summed E-state index contributed by atoms with van der Waals surface area (Å²) < 4.78 is 15.7. The first-order valence-electron chi connectivity index (χ1n) is 14.3. The summed E-state index contributed by atoms with van der Waals surface area (Å²) in [4.78, 5) is 36.1. The number of ether oxygens (including phenoxy) is 3. The van der Waals surface area contributed by atoms with Gasteiger partial charge in [0.25, 0.3) is 0 Å². The Labute approximate surface area is 219 Å². The second kappa shape index (κ2) is 20.3. The lowest BCUT2D eigenvalue weighted by atomic mass is 10.0. The van der Waals surface area contributed by atoms with Gasteiger partial charge in [-0.2, -0.15) is 0 Å². The highest BCUT2D eigenvalue weighted by Crippen LogP contribution is 2.16. The summed E-state index contributed by atoms with van der Waals surface area (Å²) >= 11 is 0. The summed E-state index contributed by atoms with van der Waals surface area (Å²) in [7, 11) is 0. The van der Waals surface area contributed by atoms with Crippen LogP contribution in [0, 0.1) is 5.92 Å². The summed E-state index contributed by atoms with van der Waals surface area (Å²) in [5.74, 6) is -0.480. The number of rotatable bonds is 20. The number of esters is 1. The molecule has 2 unspecified atom stereocenters. The quantitative estimate of drug-likeness (QED) is 0.153. The molecule has 8 nitrogen and oxygen atoms in total. The first-order valence-corrected chi connectivity index (χ1v) is 14.3. The first-order chi connectivity index (χ1) is 17.3. The van der Waals surface area contributed by atoms with Crippen molar-refractivity contribution >= 4 is 18.0 Å². The lowest BCUT2D eigenvalue weighted by molar-refractivity contribution is -0.166. The van der Waals surface area contributed by atoms with Gasteiger partial charge in [0.1, 0.15) is 6.04 Å². The minimum absolute atomic E-state index is 0.218. The second-order valence-electron chi connectivity index (χ2n) is 10.5. The molecule has 1 heterocycles. The number of alkyl carbamates (subject to hydrolysis) is 1. The lowest BCUT2D eigenvalue weighted by Gasteiger charge is -2.21. The van der Waals surface area contributed by atoms with Crippen LogP contribution >= 0.6 is 0 Å². The highest BCUT2D eigenvalue weighted by atomic mass is 16.7. The van der Waals surface area contributed by atoms with E-state index in [1.54, 1.807) is 0 Å². The third-order valence-corrected chi connectivity index (χ3v) is 6.40. The van der Waals surface area contributed by atoms with Crippen LogP contribution in [0.15, 0.2) is 0 Å². The van der Waals surface area contributed by atoms with Crippen LogP contribution in [-0.4, -0.2) is 49.6 Å². The highest BCUT2D eigenvalue weighted by molar-refractivity contribution is 5.85. The molecule has 0 bridgehead atoms. The molecule has 2 N–H and O–H groups in total. The van der Waals surface area contributed by atoms with E-state index in [9.17, 15) is 14.4 Å². The number of amides is 2. The standard InChI is InChI=1S/C28H52N2O6/c1-5-6-7-8-9-10-11-12-13-14-15-16-17-18-34-28(33)30-25(19-22(2)3)27(32)29-24-20-26(35-21-24)36-23(4)31/h22,24-26H,5-21H2,1-4H3,(H,29,32)(H,30,33)/t24?,25?,26-/m0/s1. The maximum atomic E-state index is 12.8. The van der Waals surface area contributed by atoms with Crippen molar-refractivity contribution < 1.29 is 28.6 Å². The number of unbranched alkanes of at least 4 members (excludes halogenated alkanes) is 12. The topological polar surface area (TPSA) is 103 Å². The molecule has 8 heteroatoms. The molecule has 0 radical (unpaired) electrons. The molecule has 1 fully saturated rings. The Kier molecular flexibility index (Phi) is 18.1. The normalized spacial score (nSPS) is 18.1. The molecule has 0 saturated carbocycles. The fourth-order valence-electron chi connectivity index (χ4n) is 4.43. The molecule has 0 aromatic heterocycles. The van der Waals surface area contributed by atoms with Crippen LogP contribution < -0.4 is 10.6 Å². The molecule has 0 aromatic rings. The van der Waals surface area contributed by atoms with Crippen molar-refractivity contribution in [1.29, 1.82) is 0 Å². The lowest BCUT2D eigenvalue weighted by Crippen LogP contribution is -2.50. The van der Waals surface area contributed by atoms with Crippen LogP contribution in [0.3, 0.4) is 0 Å². The van der Waals surface area contributed by atoms with Crippen molar-refractivity contribution in [3.8, 4) is 0 Å². The summed E-state index contributed by atoms with van der Waals surface area (Å²) in [6.45, 7) is 8.19. The van der Waals surface area contributed by atoms with Gasteiger partial charge >= 0.3 is 12.1 Å². The van der Waals surface area contributed by atoms with Gasteiger partial charge in [0.15, 0.2) is 0 Å². The van der Waals surface area contributed by atoms with Crippen molar-refractivity contribution in [3.05, 3.63) is 0 Å². The van der Waals surface area contributed by atoms with Crippen LogP contribution in [0.1, 0.15) is 124 Å². The zero-order chi connectivity index (χ0) is 26.6. The molecule has 2 amide bonds. The van der Waals surface area contributed by atoms with E-state index in [-0.39, 0.29) is 24.5 Å². The summed E-state index contributed by atoms with van der Waals surface area (Å²) in [5, 5.41) is 5.60. The molecular formula is C28H52N2O6. The van der Waals surface area contributed by atoms with Gasteiger partial charge in [0, 0.05) is 13.3 Å². The van der Waals surface area contributed by atoms with E-state index in [0.717, 1.165) is 19.3 Å². The Morgan fingerprint density at radius 2 is 1.44 bits per heavy atom. The summed E-state index contributed by atoms with van der Waals surface area (Å²) in [6, 6.07) is -0.947. The zero-order valence-electron chi connectivity index (χ0n) is 23.3. The van der Waals surface area contributed by atoms with E-state index in [4.69, 9.17) is 14.2 Å². The van der Waals surface area contributed by atoms with Gasteiger partial charge in [0.2, 0.25) is 12.2 Å². The van der Waals surface area contributed by atoms with Gasteiger partial charge in [0.05, 0.1) is 19.3 Å². The Hall–Kier alpha value is -1.83. The summed E-state index contributed by atoms with van der Waals surface area (Å²) in [5.41, 5.74) is 0. The minimum Gasteiger partial charge on any atom is -0.450 e. The SMILES string of the molecule is CCCCCCCCCCCCCCCOC(=O)NC(CC(C)C)C(=O)NC1CO[C@@H](OC(C)=O)C1. The molecule has 0 spiro atoms. The number of carbonyl (C=O) groups is 3.